The topological polar surface area (TPSA) is 68.7 Å². The molecule has 0 radical (unpaired) electrons. The first kappa shape index (κ1) is 23.0. The minimum absolute atomic E-state index is 0.196. The van der Waals surface area contributed by atoms with E-state index in [0.717, 1.165) is 11.1 Å². The van der Waals surface area contributed by atoms with E-state index in [1.165, 1.54) is 17.4 Å². The Bertz CT molecular complexity index is 1420. The van der Waals surface area contributed by atoms with Gasteiger partial charge < -0.3 is 8.92 Å². The fourth-order valence-corrected chi connectivity index (χ4v) is 4.10. The van der Waals surface area contributed by atoms with Crippen LogP contribution in [-0.2, 0) is 11.3 Å². The highest BCUT2D eigenvalue weighted by molar-refractivity contribution is 7.82. The second kappa shape index (κ2) is 10.2. The Balaban J connectivity index is 1.73. The number of nitrogens with zero attached hydrogens (tertiary/aromatic N) is 2. The third kappa shape index (κ3) is 5.08. The number of hydrogen-bond acceptors (Lipinski definition) is 5. The van der Waals surface area contributed by atoms with Crippen LogP contribution in [0.15, 0.2) is 79.0 Å². The first-order valence-electron chi connectivity index (χ1n) is 10.4. The first-order chi connectivity index (χ1) is 16.5. The molecule has 0 aliphatic carbocycles. The molecular formula is C27H22N2O4S. The molecule has 0 saturated carbocycles. The zero-order valence-corrected chi connectivity index (χ0v) is 19.8. The van der Waals surface area contributed by atoms with Crippen LogP contribution in [0.5, 0.6) is 11.5 Å². The summed E-state index contributed by atoms with van der Waals surface area (Å²) in [4.78, 5) is 16.8. The zero-order valence-electron chi connectivity index (χ0n) is 18.9. The Kier molecular flexibility index (Phi) is 6.90. The Morgan fingerprint density at radius 3 is 2.29 bits per heavy atom. The maximum absolute atomic E-state index is 13.1. The maximum atomic E-state index is 13.1. The number of anilines is 1. The molecule has 34 heavy (non-hydrogen) atoms. The van der Waals surface area contributed by atoms with Gasteiger partial charge >= 0.3 is 11.3 Å². The number of pyridine rings is 1. The van der Waals surface area contributed by atoms with Gasteiger partial charge in [-0.15, -0.1) is 0 Å². The van der Waals surface area contributed by atoms with E-state index in [2.05, 4.69) is 16.8 Å². The SMILES string of the molecule is COc1ccc(OS(=O)N(C)c2c(C(C)=O)cnc3ccc(C#Cc4ccccc4)cc23)cc1. The van der Waals surface area contributed by atoms with Crippen molar-refractivity contribution in [2.45, 2.75) is 6.92 Å². The number of fused-ring (bicyclic) bond motifs is 1. The summed E-state index contributed by atoms with van der Waals surface area (Å²) in [6, 6.07) is 22.0. The predicted molar refractivity (Wildman–Crippen MR) is 134 cm³/mol. The van der Waals surface area contributed by atoms with Crippen molar-refractivity contribution in [3.8, 4) is 23.3 Å². The van der Waals surface area contributed by atoms with E-state index in [-0.39, 0.29) is 5.78 Å². The van der Waals surface area contributed by atoms with Gasteiger partial charge in [0.1, 0.15) is 11.5 Å². The van der Waals surface area contributed by atoms with Gasteiger partial charge in [0.25, 0.3) is 0 Å². The van der Waals surface area contributed by atoms with Gasteiger partial charge in [-0.3, -0.25) is 14.1 Å². The number of carbonyl (C=O) groups excluding carboxylic acids is 1. The molecule has 1 heterocycles. The van der Waals surface area contributed by atoms with E-state index in [9.17, 15) is 9.00 Å². The van der Waals surface area contributed by atoms with Gasteiger partial charge in [0.05, 0.1) is 23.9 Å². The third-order valence-electron chi connectivity index (χ3n) is 5.11. The molecule has 0 fully saturated rings. The third-order valence-corrected chi connectivity index (χ3v) is 6.07. The highest BCUT2D eigenvalue weighted by Crippen LogP contribution is 2.31. The quantitative estimate of drug-likeness (QED) is 0.295. The standard InChI is InChI=1S/C27H22N2O4S/c1-19(30)25-18-28-26-16-11-21(10-9-20-7-5-4-6-8-20)17-24(26)27(25)29(2)34(31)33-23-14-12-22(32-3)13-15-23/h4-8,11-18H,1-3H3. The van der Waals surface area contributed by atoms with E-state index in [1.54, 1.807) is 38.4 Å². The second-order valence-corrected chi connectivity index (χ2v) is 8.55. The van der Waals surface area contributed by atoms with Crippen LogP contribution >= 0.6 is 0 Å². The van der Waals surface area contributed by atoms with Crippen LogP contribution in [0.4, 0.5) is 5.69 Å². The van der Waals surface area contributed by atoms with Gasteiger partial charge in [-0.05, 0) is 61.5 Å². The molecule has 0 aliphatic heterocycles. The zero-order chi connectivity index (χ0) is 24.1. The number of carbonyl (C=O) groups is 1. The summed E-state index contributed by atoms with van der Waals surface area (Å²) in [7, 11) is 3.18. The van der Waals surface area contributed by atoms with Gasteiger partial charge in [0.2, 0.25) is 0 Å². The van der Waals surface area contributed by atoms with E-state index >= 15 is 0 Å². The van der Waals surface area contributed by atoms with E-state index in [4.69, 9.17) is 8.92 Å². The number of hydrogen-bond donors (Lipinski definition) is 0. The summed E-state index contributed by atoms with van der Waals surface area (Å²) in [5, 5.41) is 0.654. The summed E-state index contributed by atoms with van der Waals surface area (Å²) in [5.41, 5.74) is 3.10. The summed E-state index contributed by atoms with van der Waals surface area (Å²) in [6.45, 7) is 1.45. The lowest BCUT2D eigenvalue weighted by Gasteiger charge is -2.21. The molecule has 1 aromatic heterocycles. The van der Waals surface area contributed by atoms with Crippen LogP contribution in [0.2, 0.25) is 0 Å². The van der Waals surface area contributed by atoms with Crippen LogP contribution in [0.3, 0.4) is 0 Å². The summed E-state index contributed by atoms with van der Waals surface area (Å²) >= 11 is -1.92. The Morgan fingerprint density at radius 1 is 0.941 bits per heavy atom. The smallest absolute Gasteiger partial charge is 0.318 e. The molecule has 0 spiro atoms. The molecule has 0 bridgehead atoms. The second-order valence-electron chi connectivity index (χ2n) is 7.40. The molecule has 6 nitrogen and oxygen atoms in total. The van der Waals surface area contributed by atoms with Crippen molar-refractivity contribution in [1.82, 2.24) is 4.98 Å². The van der Waals surface area contributed by atoms with Crippen LogP contribution in [0.25, 0.3) is 10.9 Å². The number of Topliss-reactive ketones (excluding diaryl/α,β-unsaturated/α-hetero) is 1. The average Bonchev–Trinajstić information content (AvgIpc) is 2.87. The van der Waals surface area contributed by atoms with Crippen molar-refractivity contribution in [3.63, 3.8) is 0 Å². The minimum Gasteiger partial charge on any atom is -0.497 e. The molecule has 1 atom stereocenters. The summed E-state index contributed by atoms with van der Waals surface area (Å²) in [5.74, 6) is 7.15. The molecule has 4 aromatic rings. The molecule has 0 saturated heterocycles. The normalized spacial score (nSPS) is 11.3. The van der Waals surface area contributed by atoms with Gasteiger partial charge in [-0.25, -0.2) is 0 Å². The number of ketones is 1. The van der Waals surface area contributed by atoms with Crippen LogP contribution in [-0.4, -0.2) is 29.1 Å². The van der Waals surface area contributed by atoms with E-state index in [0.29, 0.717) is 33.7 Å². The van der Waals surface area contributed by atoms with Crippen molar-refractivity contribution in [3.05, 3.63) is 95.7 Å². The molecule has 7 heteroatoms. The molecule has 3 aromatic carbocycles. The van der Waals surface area contributed by atoms with Crippen LogP contribution in [0, 0.1) is 11.8 Å². The van der Waals surface area contributed by atoms with Crippen molar-refractivity contribution < 1.29 is 17.9 Å². The lowest BCUT2D eigenvalue weighted by Crippen LogP contribution is -2.26. The summed E-state index contributed by atoms with van der Waals surface area (Å²) in [6.07, 6.45) is 1.50. The monoisotopic (exact) mass is 470 g/mol. The molecule has 170 valence electrons. The van der Waals surface area contributed by atoms with Gasteiger partial charge in [-0.2, -0.15) is 4.21 Å². The largest absolute Gasteiger partial charge is 0.497 e. The number of methoxy groups -OCH3 is 1. The average molecular weight is 471 g/mol. The van der Waals surface area contributed by atoms with E-state index in [1.807, 2.05) is 48.5 Å². The number of benzene rings is 3. The fourth-order valence-electron chi connectivity index (χ4n) is 3.36. The van der Waals surface area contributed by atoms with Gasteiger partial charge in [0, 0.05) is 29.8 Å². The van der Waals surface area contributed by atoms with Crippen molar-refractivity contribution in [1.29, 1.82) is 0 Å². The Hall–Kier alpha value is -4.15. The fraction of sp³-hybridized carbons (Fsp3) is 0.111. The van der Waals surface area contributed by atoms with Crippen molar-refractivity contribution >= 4 is 33.6 Å². The number of aromatic nitrogens is 1. The number of ether oxygens (including phenoxy) is 1. The van der Waals surface area contributed by atoms with Crippen LogP contribution < -0.4 is 13.2 Å². The summed E-state index contributed by atoms with van der Waals surface area (Å²) < 4.78 is 25.3. The first-order valence-corrected chi connectivity index (χ1v) is 11.5. The predicted octanol–water partition coefficient (Wildman–Crippen LogP) is 4.94. The van der Waals surface area contributed by atoms with Crippen molar-refractivity contribution in [2.75, 3.05) is 18.5 Å². The molecule has 0 aliphatic rings. The van der Waals surface area contributed by atoms with Gasteiger partial charge in [-0.1, -0.05) is 30.0 Å². The molecular weight excluding hydrogens is 448 g/mol. The van der Waals surface area contributed by atoms with Gasteiger partial charge in [0.15, 0.2) is 5.78 Å². The van der Waals surface area contributed by atoms with Crippen molar-refractivity contribution in [2.24, 2.45) is 0 Å². The van der Waals surface area contributed by atoms with E-state index < -0.39 is 11.3 Å². The molecule has 0 N–H and O–H groups in total. The lowest BCUT2D eigenvalue weighted by molar-refractivity contribution is 0.101. The Labute approximate surface area is 201 Å². The molecule has 4 rings (SSSR count). The highest BCUT2D eigenvalue weighted by atomic mass is 32.2. The molecule has 0 amide bonds. The lowest BCUT2D eigenvalue weighted by atomic mass is 10.0. The maximum Gasteiger partial charge on any atom is 0.318 e. The minimum atomic E-state index is -1.92. The highest BCUT2D eigenvalue weighted by Gasteiger charge is 2.21. The Morgan fingerprint density at radius 2 is 1.62 bits per heavy atom. The van der Waals surface area contributed by atoms with Crippen LogP contribution in [0.1, 0.15) is 28.4 Å². The molecule has 1 unspecified atom stereocenters. The number of rotatable bonds is 6.